The van der Waals surface area contributed by atoms with E-state index in [1.54, 1.807) is 0 Å². The summed E-state index contributed by atoms with van der Waals surface area (Å²) in [5.41, 5.74) is 1.41. The van der Waals surface area contributed by atoms with Gasteiger partial charge >= 0.3 is 0 Å². The van der Waals surface area contributed by atoms with Gasteiger partial charge in [-0.3, -0.25) is 14.8 Å². The molecule has 168 valence electrons. The van der Waals surface area contributed by atoms with Gasteiger partial charge in [-0.15, -0.1) is 0 Å². The smallest absolute Gasteiger partial charge is 0.191 e. The maximum atomic E-state index is 4.94. The minimum absolute atomic E-state index is 0.487. The van der Waals surface area contributed by atoms with Gasteiger partial charge in [-0.05, 0) is 46.2 Å². The third-order valence-corrected chi connectivity index (χ3v) is 6.60. The third-order valence-electron chi connectivity index (χ3n) is 6.60. The lowest BCUT2D eigenvalue weighted by Gasteiger charge is -2.38. The lowest BCUT2D eigenvalue weighted by molar-refractivity contribution is 0.122. The highest BCUT2D eigenvalue weighted by molar-refractivity contribution is 5.80. The molecule has 1 aromatic carbocycles. The van der Waals surface area contributed by atoms with E-state index in [-0.39, 0.29) is 0 Å². The molecule has 2 heterocycles. The molecule has 0 radical (unpaired) electrons. The van der Waals surface area contributed by atoms with Gasteiger partial charge < -0.3 is 15.5 Å². The molecule has 30 heavy (non-hydrogen) atoms. The van der Waals surface area contributed by atoms with Gasteiger partial charge in [-0.1, -0.05) is 30.3 Å². The minimum atomic E-state index is 0.487. The summed E-state index contributed by atoms with van der Waals surface area (Å²) in [6.45, 7) is 15.3. The quantitative estimate of drug-likeness (QED) is 0.529. The Labute approximate surface area is 183 Å². The molecule has 2 N–H and O–H groups in total. The SMILES string of the molecule is CCNC(=NCC(C)N1CCN(C)CC1)NC1CCN(Cc2ccccc2)C(C)C1. The normalized spacial score (nSPS) is 25.8. The Bertz CT molecular complexity index is 640. The van der Waals surface area contributed by atoms with E-state index in [1.165, 1.54) is 5.56 Å². The van der Waals surface area contributed by atoms with Crippen molar-refractivity contribution in [3.05, 3.63) is 35.9 Å². The highest BCUT2D eigenvalue weighted by Gasteiger charge is 2.26. The van der Waals surface area contributed by atoms with E-state index < -0.39 is 0 Å². The van der Waals surface area contributed by atoms with Gasteiger partial charge in [0.05, 0.1) is 6.54 Å². The van der Waals surface area contributed by atoms with E-state index in [2.05, 4.69) is 83.5 Å². The molecule has 1 aromatic rings. The van der Waals surface area contributed by atoms with Gasteiger partial charge in [-0.2, -0.15) is 0 Å². The molecule has 0 saturated carbocycles. The van der Waals surface area contributed by atoms with Crippen LogP contribution < -0.4 is 10.6 Å². The molecule has 2 fully saturated rings. The van der Waals surface area contributed by atoms with Gasteiger partial charge in [0.1, 0.15) is 0 Å². The molecule has 0 aliphatic carbocycles. The molecule has 6 nitrogen and oxygen atoms in total. The second-order valence-electron chi connectivity index (χ2n) is 9.08. The van der Waals surface area contributed by atoms with Crippen molar-refractivity contribution >= 4 is 5.96 Å². The van der Waals surface area contributed by atoms with Crippen molar-refractivity contribution in [2.75, 3.05) is 52.9 Å². The molecule has 3 atom stereocenters. The fourth-order valence-electron chi connectivity index (χ4n) is 4.52. The molecule has 3 rings (SSSR count). The van der Waals surface area contributed by atoms with Crippen molar-refractivity contribution in [3.63, 3.8) is 0 Å². The zero-order valence-electron chi connectivity index (χ0n) is 19.5. The van der Waals surface area contributed by atoms with Crippen molar-refractivity contribution in [3.8, 4) is 0 Å². The third kappa shape index (κ3) is 6.96. The second kappa shape index (κ2) is 11.7. The van der Waals surface area contributed by atoms with Gasteiger partial charge in [0.25, 0.3) is 0 Å². The number of nitrogens with zero attached hydrogens (tertiary/aromatic N) is 4. The molecule has 2 aliphatic heterocycles. The number of benzene rings is 1. The minimum Gasteiger partial charge on any atom is -0.357 e. The summed E-state index contributed by atoms with van der Waals surface area (Å²) < 4.78 is 0. The van der Waals surface area contributed by atoms with Crippen LogP contribution in [0, 0.1) is 0 Å². The van der Waals surface area contributed by atoms with Crippen LogP contribution in [0.5, 0.6) is 0 Å². The van der Waals surface area contributed by atoms with Crippen LogP contribution in [0.25, 0.3) is 0 Å². The summed E-state index contributed by atoms with van der Waals surface area (Å²) in [6, 6.07) is 12.4. The zero-order valence-corrected chi connectivity index (χ0v) is 19.5. The Morgan fingerprint density at radius 1 is 1.13 bits per heavy atom. The summed E-state index contributed by atoms with van der Waals surface area (Å²) in [5.74, 6) is 0.979. The van der Waals surface area contributed by atoms with Crippen LogP contribution in [0.3, 0.4) is 0 Å². The summed E-state index contributed by atoms with van der Waals surface area (Å²) in [5, 5.41) is 7.18. The predicted molar refractivity (Wildman–Crippen MR) is 127 cm³/mol. The molecule has 2 saturated heterocycles. The maximum Gasteiger partial charge on any atom is 0.191 e. The topological polar surface area (TPSA) is 46.1 Å². The van der Waals surface area contributed by atoms with Crippen LogP contribution in [0.15, 0.2) is 35.3 Å². The Hall–Kier alpha value is -1.63. The number of likely N-dealkylation sites (N-methyl/N-ethyl adjacent to an activating group) is 1. The van der Waals surface area contributed by atoms with Crippen LogP contribution >= 0.6 is 0 Å². The van der Waals surface area contributed by atoms with Crippen LogP contribution in [-0.2, 0) is 6.54 Å². The van der Waals surface area contributed by atoms with E-state index in [0.717, 1.165) is 71.2 Å². The van der Waals surface area contributed by atoms with E-state index in [9.17, 15) is 0 Å². The average Bonchev–Trinajstić information content (AvgIpc) is 2.75. The van der Waals surface area contributed by atoms with Gasteiger partial charge in [-0.25, -0.2) is 0 Å². The van der Waals surface area contributed by atoms with E-state index >= 15 is 0 Å². The first-order valence-corrected chi connectivity index (χ1v) is 11.8. The highest BCUT2D eigenvalue weighted by Crippen LogP contribution is 2.20. The highest BCUT2D eigenvalue weighted by atomic mass is 15.3. The van der Waals surface area contributed by atoms with Gasteiger partial charge in [0.2, 0.25) is 0 Å². The number of likely N-dealkylation sites (tertiary alicyclic amines) is 1. The standard InChI is InChI=1S/C24H42N6/c1-5-25-24(26-18-21(3)29-15-13-28(4)14-16-29)27-23-11-12-30(20(2)17-23)19-22-9-7-6-8-10-22/h6-10,20-21,23H,5,11-19H2,1-4H3,(H2,25,26,27). The first-order chi connectivity index (χ1) is 14.5. The Kier molecular flexibility index (Phi) is 8.97. The first kappa shape index (κ1) is 23.0. The molecule has 3 unspecified atom stereocenters. The summed E-state index contributed by atoms with van der Waals surface area (Å²) >= 11 is 0. The molecule has 0 bridgehead atoms. The van der Waals surface area contributed by atoms with Crippen LogP contribution in [0.1, 0.15) is 39.2 Å². The van der Waals surface area contributed by atoms with Gasteiger partial charge in [0.15, 0.2) is 5.96 Å². The van der Waals surface area contributed by atoms with E-state index in [1.807, 2.05) is 0 Å². The number of rotatable bonds is 7. The maximum absolute atomic E-state index is 4.94. The summed E-state index contributed by atoms with van der Waals surface area (Å²) in [4.78, 5) is 12.5. The van der Waals surface area contributed by atoms with Crippen molar-refractivity contribution in [1.29, 1.82) is 0 Å². The lowest BCUT2D eigenvalue weighted by Crippen LogP contribution is -2.52. The molecule has 2 aliphatic rings. The van der Waals surface area contributed by atoms with Crippen LogP contribution in [0.2, 0.25) is 0 Å². The first-order valence-electron chi connectivity index (χ1n) is 11.8. The number of piperazine rings is 1. The van der Waals surface area contributed by atoms with Crippen molar-refractivity contribution in [1.82, 2.24) is 25.3 Å². The Morgan fingerprint density at radius 2 is 1.87 bits per heavy atom. The number of nitrogens with one attached hydrogen (secondary N) is 2. The molecule has 0 aromatic heterocycles. The number of hydrogen-bond donors (Lipinski definition) is 2. The average molecular weight is 415 g/mol. The van der Waals surface area contributed by atoms with Gasteiger partial charge in [0, 0.05) is 63.9 Å². The lowest BCUT2D eigenvalue weighted by atomic mass is 9.97. The zero-order chi connectivity index (χ0) is 21.3. The number of guanidine groups is 1. The van der Waals surface area contributed by atoms with E-state index in [4.69, 9.17) is 4.99 Å². The number of piperidine rings is 1. The van der Waals surface area contributed by atoms with Crippen LogP contribution in [-0.4, -0.2) is 91.6 Å². The number of aliphatic imine (C=N–C) groups is 1. The molecular formula is C24H42N6. The van der Waals surface area contributed by atoms with Crippen LogP contribution in [0.4, 0.5) is 0 Å². The molecule has 0 amide bonds. The fraction of sp³-hybridized carbons (Fsp3) is 0.708. The van der Waals surface area contributed by atoms with E-state index in [0.29, 0.717) is 18.1 Å². The molecule has 6 heteroatoms. The summed E-state index contributed by atoms with van der Waals surface area (Å²) in [6.07, 6.45) is 2.32. The fourth-order valence-corrected chi connectivity index (χ4v) is 4.52. The molecular weight excluding hydrogens is 372 g/mol. The van der Waals surface area contributed by atoms with Crippen molar-refractivity contribution in [2.24, 2.45) is 4.99 Å². The largest absolute Gasteiger partial charge is 0.357 e. The van der Waals surface area contributed by atoms with Crippen molar-refractivity contribution < 1.29 is 0 Å². The number of hydrogen-bond acceptors (Lipinski definition) is 4. The summed E-state index contributed by atoms with van der Waals surface area (Å²) in [7, 11) is 2.21. The molecule has 0 spiro atoms. The monoisotopic (exact) mass is 414 g/mol. The second-order valence-corrected chi connectivity index (χ2v) is 9.08. The predicted octanol–water partition coefficient (Wildman–Crippen LogP) is 2.23. The Morgan fingerprint density at radius 3 is 2.53 bits per heavy atom. The Balaban J connectivity index is 1.48. The van der Waals surface area contributed by atoms with Crippen molar-refractivity contribution in [2.45, 2.75) is 58.3 Å².